The predicted molar refractivity (Wildman–Crippen MR) is 70.8 cm³/mol. The van der Waals surface area contributed by atoms with Gasteiger partial charge in [-0.15, -0.1) is 0 Å². The van der Waals surface area contributed by atoms with E-state index in [4.69, 9.17) is 5.11 Å². The van der Waals surface area contributed by atoms with Crippen molar-refractivity contribution in [1.29, 1.82) is 0 Å². The van der Waals surface area contributed by atoms with E-state index in [-0.39, 0.29) is 11.1 Å². The Balaban J connectivity index is 2.68. The number of rotatable bonds is 5. The number of carboxylic acid groups (broad SMARTS) is 2. The lowest BCUT2D eigenvalue weighted by Crippen LogP contribution is -2.00. The second kappa shape index (κ2) is 5.14. The number of aryl methyl sites for hydroxylation is 1. The van der Waals surface area contributed by atoms with Gasteiger partial charge < -0.3 is 15.2 Å². The number of aromatic carboxylic acids is 2. The summed E-state index contributed by atoms with van der Waals surface area (Å²) in [5.74, 6) is -2.09. The van der Waals surface area contributed by atoms with Crippen molar-refractivity contribution in [3.63, 3.8) is 0 Å². The van der Waals surface area contributed by atoms with Gasteiger partial charge in [0.2, 0.25) is 0 Å². The molecule has 0 unspecified atom stereocenters. The summed E-state index contributed by atoms with van der Waals surface area (Å²) in [6.07, 6.45) is 2.40. The maximum Gasteiger partial charge on any atom is 0.338 e. The van der Waals surface area contributed by atoms with E-state index in [9.17, 15) is 14.7 Å². The minimum atomic E-state index is -1.06. The molecule has 0 saturated heterocycles. The van der Waals surface area contributed by atoms with Crippen LogP contribution in [0.15, 0.2) is 18.2 Å². The lowest BCUT2D eigenvalue weighted by atomic mass is 10.1. The fourth-order valence-electron chi connectivity index (χ4n) is 2.23. The van der Waals surface area contributed by atoms with Crippen LogP contribution < -0.4 is 0 Å². The molecule has 0 fully saturated rings. The Morgan fingerprint density at radius 3 is 2.53 bits per heavy atom. The molecule has 0 radical (unpaired) electrons. The predicted octanol–water partition coefficient (Wildman–Crippen LogP) is 2.91. The monoisotopic (exact) mass is 261 g/mol. The standard InChI is InChI=1S/C14H15NO4/c1-2-3-7-10-11(14(18)19)8-5-4-6-9(13(16)17)12(8)15-10/h4-6,15H,2-3,7H2,1H3,(H,16,17)(H,18,19). The number of nitrogens with one attached hydrogen (secondary N) is 1. The largest absolute Gasteiger partial charge is 0.478 e. The van der Waals surface area contributed by atoms with E-state index in [1.54, 1.807) is 12.1 Å². The van der Waals surface area contributed by atoms with Gasteiger partial charge in [0.25, 0.3) is 0 Å². The molecule has 0 bridgehead atoms. The summed E-state index contributed by atoms with van der Waals surface area (Å²) in [6.45, 7) is 2.02. The molecule has 0 aliphatic rings. The average molecular weight is 261 g/mol. The van der Waals surface area contributed by atoms with Crippen LogP contribution in [0, 0.1) is 0 Å². The second-order valence-corrected chi connectivity index (χ2v) is 4.42. The maximum absolute atomic E-state index is 11.4. The van der Waals surface area contributed by atoms with Crippen LogP contribution in [0.3, 0.4) is 0 Å². The van der Waals surface area contributed by atoms with Crippen LogP contribution in [-0.4, -0.2) is 27.1 Å². The third-order valence-electron chi connectivity index (χ3n) is 3.14. The molecular weight excluding hydrogens is 246 g/mol. The van der Waals surface area contributed by atoms with Crippen LogP contribution in [0.5, 0.6) is 0 Å². The highest BCUT2D eigenvalue weighted by molar-refractivity contribution is 6.10. The molecule has 2 aromatic rings. The van der Waals surface area contributed by atoms with E-state index in [0.717, 1.165) is 12.8 Å². The first-order chi connectivity index (χ1) is 9.06. The van der Waals surface area contributed by atoms with Gasteiger partial charge in [-0.05, 0) is 18.9 Å². The number of benzene rings is 1. The van der Waals surface area contributed by atoms with Gasteiger partial charge in [-0.25, -0.2) is 9.59 Å². The second-order valence-electron chi connectivity index (χ2n) is 4.42. The van der Waals surface area contributed by atoms with Crippen LogP contribution >= 0.6 is 0 Å². The molecule has 3 N–H and O–H groups in total. The summed E-state index contributed by atoms with van der Waals surface area (Å²) in [6, 6.07) is 4.67. The highest BCUT2D eigenvalue weighted by atomic mass is 16.4. The number of carboxylic acids is 2. The van der Waals surface area contributed by atoms with Gasteiger partial charge in [0.05, 0.1) is 16.6 Å². The third kappa shape index (κ3) is 2.31. The Morgan fingerprint density at radius 1 is 1.21 bits per heavy atom. The van der Waals surface area contributed by atoms with Gasteiger partial charge in [-0.1, -0.05) is 25.5 Å². The number of aromatic nitrogens is 1. The molecule has 0 atom stereocenters. The molecular formula is C14H15NO4. The molecule has 5 heteroatoms. The van der Waals surface area contributed by atoms with Crippen LogP contribution in [0.2, 0.25) is 0 Å². The van der Waals surface area contributed by atoms with E-state index >= 15 is 0 Å². The molecule has 0 saturated carbocycles. The summed E-state index contributed by atoms with van der Waals surface area (Å²) >= 11 is 0. The highest BCUT2D eigenvalue weighted by Gasteiger charge is 2.20. The number of hydrogen-bond donors (Lipinski definition) is 3. The fourth-order valence-corrected chi connectivity index (χ4v) is 2.23. The zero-order valence-corrected chi connectivity index (χ0v) is 10.6. The minimum absolute atomic E-state index is 0.0998. The number of carbonyl (C=O) groups is 2. The van der Waals surface area contributed by atoms with Crippen LogP contribution in [-0.2, 0) is 6.42 Å². The normalized spacial score (nSPS) is 10.8. The molecule has 5 nitrogen and oxygen atoms in total. The number of aromatic amines is 1. The molecule has 1 heterocycles. The lowest BCUT2D eigenvalue weighted by molar-refractivity contribution is 0.0686. The summed E-state index contributed by atoms with van der Waals surface area (Å²) in [5, 5.41) is 18.9. The number of H-pyrrole nitrogens is 1. The average Bonchev–Trinajstić information content (AvgIpc) is 2.73. The Kier molecular flexibility index (Phi) is 3.55. The maximum atomic E-state index is 11.4. The van der Waals surface area contributed by atoms with E-state index in [1.807, 2.05) is 6.92 Å². The number of unbranched alkanes of at least 4 members (excludes halogenated alkanes) is 1. The van der Waals surface area contributed by atoms with Gasteiger partial charge in [0.1, 0.15) is 0 Å². The highest BCUT2D eigenvalue weighted by Crippen LogP contribution is 2.26. The molecule has 19 heavy (non-hydrogen) atoms. The Morgan fingerprint density at radius 2 is 1.95 bits per heavy atom. The first-order valence-corrected chi connectivity index (χ1v) is 6.16. The van der Waals surface area contributed by atoms with Crippen molar-refractivity contribution >= 4 is 22.8 Å². The van der Waals surface area contributed by atoms with Crippen LogP contribution in [0.4, 0.5) is 0 Å². The topological polar surface area (TPSA) is 90.4 Å². The van der Waals surface area contributed by atoms with Crippen molar-refractivity contribution in [2.75, 3.05) is 0 Å². The lowest BCUT2D eigenvalue weighted by Gasteiger charge is -1.98. The van der Waals surface area contributed by atoms with E-state index in [1.165, 1.54) is 6.07 Å². The van der Waals surface area contributed by atoms with Gasteiger partial charge in [0, 0.05) is 11.1 Å². The van der Waals surface area contributed by atoms with Gasteiger partial charge >= 0.3 is 11.9 Å². The molecule has 0 amide bonds. The van der Waals surface area contributed by atoms with Gasteiger partial charge in [-0.3, -0.25) is 0 Å². The molecule has 0 spiro atoms. The zero-order chi connectivity index (χ0) is 14.0. The van der Waals surface area contributed by atoms with Crippen molar-refractivity contribution in [2.24, 2.45) is 0 Å². The van der Waals surface area contributed by atoms with E-state index < -0.39 is 11.9 Å². The first kappa shape index (κ1) is 13.1. The summed E-state index contributed by atoms with van der Waals surface area (Å²) in [7, 11) is 0. The zero-order valence-electron chi connectivity index (χ0n) is 10.6. The van der Waals surface area contributed by atoms with E-state index in [0.29, 0.717) is 23.0 Å². The molecule has 0 aliphatic carbocycles. The Labute approximate surface area is 109 Å². The van der Waals surface area contributed by atoms with Crippen molar-refractivity contribution in [3.8, 4) is 0 Å². The Hall–Kier alpha value is -2.30. The minimum Gasteiger partial charge on any atom is -0.478 e. The molecule has 2 rings (SSSR count). The van der Waals surface area contributed by atoms with Crippen molar-refractivity contribution < 1.29 is 19.8 Å². The smallest absolute Gasteiger partial charge is 0.338 e. The number of para-hydroxylation sites is 1. The molecule has 100 valence electrons. The molecule has 0 aliphatic heterocycles. The summed E-state index contributed by atoms with van der Waals surface area (Å²) in [4.78, 5) is 25.5. The molecule has 1 aromatic heterocycles. The van der Waals surface area contributed by atoms with Crippen molar-refractivity contribution in [3.05, 3.63) is 35.0 Å². The quantitative estimate of drug-likeness (QED) is 0.771. The molecule has 1 aromatic carbocycles. The summed E-state index contributed by atoms with van der Waals surface area (Å²) in [5.41, 5.74) is 1.27. The Bertz CT molecular complexity index is 642. The first-order valence-electron chi connectivity index (χ1n) is 6.16. The van der Waals surface area contributed by atoms with Crippen molar-refractivity contribution in [2.45, 2.75) is 26.2 Å². The van der Waals surface area contributed by atoms with Crippen LogP contribution in [0.25, 0.3) is 10.9 Å². The number of fused-ring (bicyclic) bond motifs is 1. The van der Waals surface area contributed by atoms with Crippen LogP contribution in [0.1, 0.15) is 46.2 Å². The summed E-state index contributed by atoms with van der Waals surface area (Å²) < 4.78 is 0. The van der Waals surface area contributed by atoms with E-state index in [2.05, 4.69) is 4.98 Å². The SMILES string of the molecule is CCCCc1[nH]c2c(C(=O)O)cccc2c1C(=O)O. The number of hydrogen-bond acceptors (Lipinski definition) is 2. The van der Waals surface area contributed by atoms with Gasteiger partial charge in [0.15, 0.2) is 0 Å². The third-order valence-corrected chi connectivity index (χ3v) is 3.14. The fraction of sp³-hybridized carbons (Fsp3) is 0.286. The van der Waals surface area contributed by atoms with Gasteiger partial charge in [-0.2, -0.15) is 0 Å². The van der Waals surface area contributed by atoms with Crippen molar-refractivity contribution in [1.82, 2.24) is 4.98 Å².